The zero-order valence-corrected chi connectivity index (χ0v) is 5.05. The van der Waals surface area contributed by atoms with Gasteiger partial charge in [0.05, 0.1) is 12.5 Å². The molecule has 0 aliphatic carbocycles. The minimum Gasteiger partial charge on any atom is -0.276 e. The summed E-state index contributed by atoms with van der Waals surface area (Å²) >= 11 is 0. The van der Waals surface area contributed by atoms with E-state index in [4.69, 9.17) is 0 Å². The standard InChI is InChI=1S/C5H7N2O2/c1-3-2-6-5(9)7-4(3)8/h3H,2H2,1H3,(H,7,8,9). The molecule has 0 aromatic rings. The van der Waals surface area contributed by atoms with E-state index in [-0.39, 0.29) is 11.8 Å². The fraction of sp³-hybridized carbons (Fsp3) is 0.600. The van der Waals surface area contributed by atoms with Gasteiger partial charge in [0.1, 0.15) is 0 Å². The molecule has 0 aromatic carbocycles. The molecule has 1 unspecified atom stereocenters. The molecule has 9 heavy (non-hydrogen) atoms. The highest BCUT2D eigenvalue weighted by Crippen LogP contribution is 1.97. The Morgan fingerprint density at radius 1 is 1.67 bits per heavy atom. The highest BCUT2D eigenvalue weighted by molar-refractivity contribution is 5.97. The molecular formula is C5H7N2O2. The van der Waals surface area contributed by atoms with Crippen LogP contribution in [0.2, 0.25) is 0 Å². The van der Waals surface area contributed by atoms with Crippen LogP contribution >= 0.6 is 0 Å². The van der Waals surface area contributed by atoms with E-state index in [0.717, 1.165) is 0 Å². The Labute approximate surface area is 52.6 Å². The molecule has 1 saturated heterocycles. The van der Waals surface area contributed by atoms with Gasteiger partial charge in [-0.3, -0.25) is 10.1 Å². The molecule has 4 heteroatoms. The second kappa shape index (κ2) is 2.05. The summed E-state index contributed by atoms with van der Waals surface area (Å²) in [7, 11) is 0. The second-order valence-electron chi connectivity index (χ2n) is 2.04. The zero-order chi connectivity index (χ0) is 6.85. The summed E-state index contributed by atoms with van der Waals surface area (Å²) in [6, 6.07) is -0.516. The van der Waals surface area contributed by atoms with Gasteiger partial charge in [0, 0.05) is 0 Å². The maximum Gasteiger partial charge on any atom is 0.343 e. The van der Waals surface area contributed by atoms with Gasteiger partial charge < -0.3 is 0 Å². The van der Waals surface area contributed by atoms with Crippen molar-refractivity contribution in [3.8, 4) is 0 Å². The molecule has 1 aliphatic heterocycles. The van der Waals surface area contributed by atoms with Crippen LogP contribution in [0.1, 0.15) is 6.92 Å². The Balaban J connectivity index is 2.54. The summed E-state index contributed by atoms with van der Waals surface area (Å²) in [6.07, 6.45) is 0. The summed E-state index contributed by atoms with van der Waals surface area (Å²) in [4.78, 5) is 20.9. The SMILES string of the molecule is CC1C[N]C(=O)NC1=O. The van der Waals surface area contributed by atoms with Gasteiger partial charge in [0.15, 0.2) is 0 Å². The lowest BCUT2D eigenvalue weighted by Crippen LogP contribution is -2.47. The van der Waals surface area contributed by atoms with Crippen molar-refractivity contribution >= 4 is 11.9 Å². The van der Waals surface area contributed by atoms with Crippen LogP contribution in [0.4, 0.5) is 4.79 Å². The maximum atomic E-state index is 10.6. The summed E-state index contributed by atoms with van der Waals surface area (Å²) < 4.78 is 0. The molecular weight excluding hydrogens is 120 g/mol. The van der Waals surface area contributed by atoms with Gasteiger partial charge in [-0.25, -0.2) is 10.1 Å². The fourth-order valence-corrected chi connectivity index (χ4v) is 0.571. The Hall–Kier alpha value is -1.06. The molecule has 1 N–H and O–H groups in total. The van der Waals surface area contributed by atoms with E-state index in [0.29, 0.717) is 6.54 Å². The van der Waals surface area contributed by atoms with Crippen molar-refractivity contribution in [2.75, 3.05) is 6.54 Å². The first-order chi connectivity index (χ1) is 4.20. The molecule has 1 atom stereocenters. The number of nitrogens with one attached hydrogen (secondary N) is 1. The molecule has 3 amide bonds. The Bertz CT molecular complexity index is 155. The first-order valence-corrected chi connectivity index (χ1v) is 2.72. The van der Waals surface area contributed by atoms with Crippen LogP contribution in [-0.2, 0) is 4.79 Å². The van der Waals surface area contributed by atoms with Crippen molar-refractivity contribution in [2.24, 2.45) is 5.92 Å². The number of hydrogen-bond acceptors (Lipinski definition) is 2. The third-order valence-corrected chi connectivity index (χ3v) is 1.19. The van der Waals surface area contributed by atoms with Crippen molar-refractivity contribution in [3.63, 3.8) is 0 Å². The molecule has 1 fully saturated rings. The first-order valence-electron chi connectivity index (χ1n) is 2.72. The topological polar surface area (TPSA) is 60.3 Å². The number of nitrogens with zero attached hydrogens (tertiary/aromatic N) is 1. The minimum absolute atomic E-state index is 0.150. The number of urea groups is 1. The maximum absolute atomic E-state index is 10.6. The molecule has 0 aromatic heterocycles. The predicted molar refractivity (Wildman–Crippen MR) is 29.7 cm³/mol. The number of amides is 3. The molecule has 49 valence electrons. The minimum atomic E-state index is -0.516. The zero-order valence-electron chi connectivity index (χ0n) is 5.05. The van der Waals surface area contributed by atoms with E-state index < -0.39 is 6.03 Å². The molecule has 0 spiro atoms. The van der Waals surface area contributed by atoms with Gasteiger partial charge in [-0.2, -0.15) is 0 Å². The quantitative estimate of drug-likeness (QED) is 0.475. The van der Waals surface area contributed by atoms with Crippen LogP contribution in [-0.4, -0.2) is 18.5 Å². The molecule has 1 aliphatic rings. The number of carbonyl (C=O) groups is 2. The molecule has 1 heterocycles. The second-order valence-corrected chi connectivity index (χ2v) is 2.04. The molecule has 1 radical (unpaired) electrons. The average molecular weight is 127 g/mol. The monoisotopic (exact) mass is 127 g/mol. The molecule has 4 nitrogen and oxygen atoms in total. The lowest BCUT2D eigenvalue weighted by molar-refractivity contribution is -0.124. The van der Waals surface area contributed by atoms with Gasteiger partial charge in [-0.05, 0) is 0 Å². The van der Waals surface area contributed by atoms with Gasteiger partial charge in [0.2, 0.25) is 5.91 Å². The number of carbonyl (C=O) groups excluding carboxylic acids is 2. The van der Waals surface area contributed by atoms with Crippen LogP contribution in [0.3, 0.4) is 0 Å². The van der Waals surface area contributed by atoms with Gasteiger partial charge >= 0.3 is 6.03 Å². The molecule has 0 bridgehead atoms. The average Bonchev–Trinajstić information content (AvgIpc) is 1.80. The normalized spacial score (nSPS) is 27.0. The third-order valence-electron chi connectivity index (χ3n) is 1.19. The molecule has 0 saturated carbocycles. The predicted octanol–water partition coefficient (Wildman–Crippen LogP) is -0.523. The largest absolute Gasteiger partial charge is 0.343 e. The van der Waals surface area contributed by atoms with Crippen LogP contribution in [0, 0.1) is 5.92 Å². The number of imide groups is 1. The summed E-state index contributed by atoms with van der Waals surface area (Å²) in [6.45, 7) is 2.05. The lowest BCUT2D eigenvalue weighted by atomic mass is 10.1. The lowest BCUT2D eigenvalue weighted by Gasteiger charge is -2.15. The van der Waals surface area contributed by atoms with Crippen molar-refractivity contribution in [1.29, 1.82) is 0 Å². The molecule has 1 rings (SSSR count). The highest BCUT2D eigenvalue weighted by Gasteiger charge is 2.22. The van der Waals surface area contributed by atoms with E-state index >= 15 is 0 Å². The first kappa shape index (κ1) is 6.07. The van der Waals surface area contributed by atoms with E-state index in [1.54, 1.807) is 6.92 Å². The van der Waals surface area contributed by atoms with Crippen molar-refractivity contribution < 1.29 is 9.59 Å². The van der Waals surface area contributed by atoms with E-state index in [2.05, 4.69) is 10.6 Å². The van der Waals surface area contributed by atoms with E-state index in [9.17, 15) is 9.59 Å². The van der Waals surface area contributed by atoms with Gasteiger partial charge in [-0.15, -0.1) is 0 Å². The summed E-state index contributed by atoms with van der Waals surface area (Å²) in [5.41, 5.74) is 0. The van der Waals surface area contributed by atoms with Crippen LogP contribution in [0.25, 0.3) is 0 Å². The summed E-state index contributed by atoms with van der Waals surface area (Å²) in [5.74, 6) is -0.377. The van der Waals surface area contributed by atoms with Gasteiger partial charge in [0.25, 0.3) is 0 Å². The van der Waals surface area contributed by atoms with Crippen LogP contribution < -0.4 is 10.6 Å². The fourth-order valence-electron chi connectivity index (χ4n) is 0.571. The highest BCUT2D eigenvalue weighted by atomic mass is 16.2. The smallest absolute Gasteiger partial charge is 0.276 e. The van der Waals surface area contributed by atoms with Crippen LogP contribution in [0.5, 0.6) is 0 Å². The van der Waals surface area contributed by atoms with Gasteiger partial charge in [-0.1, -0.05) is 6.92 Å². The van der Waals surface area contributed by atoms with E-state index in [1.165, 1.54) is 0 Å². The van der Waals surface area contributed by atoms with Crippen LogP contribution in [0.15, 0.2) is 0 Å². The Morgan fingerprint density at radius 2 is 2.33 bits per heavy atom. The van der Waals surface area contributed by atoms with Crippen molar-refractivity contribution in [3.05, 3.63) is 0 Å². The third kappa shape index (κ3) is 1.19. The Kier molecular flexibility index (Phi) is 1.38. The van der Waals surface area contributed by atoms with Crippen molar-refractivity contribution in [1.82, 2.24) is 10.6 Å². The van der Waals surface area contributed by atoms with E-state index in [1.807, 2.05) is 0 Å². The number of rotatable bonds is 0. The summed E-state index contributed by atoms with van der Waals surface area (Å²) in [5, 5.41) is 5.57. The Morgan fingerprint density at radius 3 is 2.78 bits per heavy atom. The van der Waals surface area contributed by atoms with Crippen molar-refractivity contribution in [2.45, 2.75) is 6.92 Å². The number of hydrogen-bond donors (Lipinski definition) is 1.